The van der Waals surface area contributed by atoms with Crippen LogP contribution in [0.15, 0.2) is 30.3 Å². The summed E-state index contributed by atoms with van der Waals surface area (Å²) in [5, 5.41) is 77.8. The molecule has 0 aromatic heterocycles. The molecule has 2 aliphatic heterocycles. The minimum atomic E-state index is -1.48. The lowest BCUT2D eigenvalue weighted by molar-refractivity contribution is -0.227. The van der Waals surface area contributed by atoms with E-state index in [9.17, 15) is 40.9 Å². The molecule has 10 atom stereocenters. The summed E-state index contributed by atoms with van der Waals surface area (Å²) in [5.41, 5.74) is 1.43. The fourth-order valence-corrected chi connectivity index (χ4v) is 3.76. The highest BCUT2D eigenvalue weighted by molar-refractivity contribution is 5.51. The number of rotatable bonds is 5. The van der Waals surface area contributed by atoms with E-state index < -0.39 is 74.3 Å². The molecule has 0 aliphatic carbocycles. The van der Waals surface area contributed by atoms with Gasteiger partial charge in [-0.05, 0) is 24.1 Å². The van der Waals surface area contributed by atoms with Gasteiger partial charge in [0, 0.05) is 5.56 Å². The maximum atomic E-state index is 10.1. The van der Waals surface area contributed by atoms with E-state index in [0.717, 1.165) is 5.56 Å². The van der Waals surface area contributed by atoms with Gasteiger partial charge in [-0.1, -0.05) is 36.1 Å². The Balaban J connectivity index is 1.58. The first-order chi connectivity index (χ1) is 15.8. The summed E-state index contributed by atoms with van der Waals surface area (Å²) in [6.07, 6.45) is -8.45. The van der Waals surface area contributed by atoms with E-state index >= 15 is 0 Å². The largest absolute Gasteiger partial charge is 0.394 e. The maximum absolute atomic E-state index is 10.1. The van der Waals surface area contributed by atoms with Crippen LogP contribution in [-0.4, -0.2) is 115 Å². The van der Waals surface area contributed by atoms with Gasteiger partial charge in [-0.2, -0.15) is 0 Å². The lowest BCUT2D eigenvalue weighted by Crippen LogP contribution is -2.58. The smallest absolute Gasteiger partial charge is 0.147 e. The first-order valence-electron chi connectivity index (χ1n) is 10.7. The predicted octanol–water partition coefficient (Wildman–Crippen LogP) is -2.87. The monoisotopic (exact) mass is 466 g/mol. The lowest BCUT2D eigenvalue weighted by Gasteiger charge is -2.39. The molecule has 2 heterocycles. The van der Waals surface area contributed by atoms with Crippen molar-refractivity contribution in [1.82, 2.24) is 0 Å². The van der Waals surface area contributed by atoms with E-state index in [-0.39, 0.29) is 6.42 Å². The van der Waals surface area contributed by atoms with Gasteiger partial charge < -0.3 is 50.3 Å². The summed E-state index contributed by atoms with van der Waals surface area (Å²) in [5.74, 6) is 5.52. The Hall–Kier alpha value is -1.88. The van der Waals surface area contributed by atoms with Crippen molar-refractivity contribution in [2.24, 2.45) is 0 Å². The van der Waals surface area contributed by atoms with Crippen LogP contribution in [0.4, 0.5) is 0 Å². The minimum Gasteiger partial charge on any atom is -0.394 e. The maximum Gasteiger partial charge on any atom is 0.147 e. The fourth-order valence-electron chi connectivity index (χ4n) is 3.76. The first-order valence-corrected chi connectivity index (χ1v) is 10.7. The van der Waals surface area contributed by atoms with Crippen LogP contribution in [-0.2, 0) is 9.47 Å². The number of ether oxygens (including phenoxy) is 2. The summed E-state index contributed by atoms with van der Waals surface area (Å²) >= 11 is 0. The molecule has 0 saturated carbocycles. The Morgan fingerprint density at radius 3 is 1.85 bits per heavy atom. The summed E-state index contributed by atoms with van der Waals surface area (Å²) in [7, 11) is 0. The van der Waals surface area contributed by atoms with Crippen molar-refractivity contribution >= 4 is 6.08 Å². The van der Waals surface area contributed by atoms with E-state index in [0.29, 0.717) is 5.56 Å². The molecule has 8 N–H and O–H groups in total. The number of hydrogen-bond donors (Lipinski definition) is 8. The summed E-state index contributed by atoms with van der Waals surface area (Å²) in [4.78, 5) is 0. The Bertz CT molecular complexity index is 843. The predicted molar refractivity (Wildman–Crippen MR) is 115 cm³/mol. The SMILES string of the molecule is OC[C@H]1O[C@H](CC=Cc2ccc(C#C[C@H]3O[C@H](CO)[C@@H](O)[C@H](O)[C@@H]3O)cc2)[C@@H](O)[C@@H](O)[C@@H]1O. The minimum absolute atomic E-state index is 0.250. The van der Waals surface area contributed by atoms with Crippen LogP contribution in [0.5, 0.6) is 0 Å². The van der Waals surface area contributed by atoms with Gasteiger partial charge in [0.05, 0.1) is 19.3 Å². The van der Waals surface area contributed by atoms with E-state index in [1.807, 2.05) is 0 Å². The van der Waals surface area contributed by atoms with Gasteiger partial charge in [-0.15, -0.1) is 0 Å². The molecule has 10 nitrogen and oxygen atoms in total. The molecule has 182 valence electrons. The molecule has 0 radical (unpaired) electrons. The van der Waals surface area contributed by atoms with Crippen molar-refractivity contribution in [2.45, 2.75) is 67.5 Å². The summed E-state index contributed by atoms with van der Waals surface area (Å²) < 4.78 is 10.8. The number of aliphatic hydroxyl groups excluding tert-OH is 8. The zero-order valence-corrected chi connectivity index (χ0v) is 17.8. The lowest BCUT2D eigenvalue weighted by atomic mass is 9.93. The highest BCUT2D eigenvalue weighted by atomic mass is 16.5. The van der Waals surface area contributed by atoms with Gasteiger partial charge in [0.15, 0.2) is 0 Å². The van der Waals surface area contributed by atoms with Crippen LogP contribution >= 0.6 is 0 Å². The fraction of sp³-hybridized carbons (Fsp3) is 0.565. The molecular weight excluding hydrogens is 436 g/mol. The first kappa shape index (κ1) is 25.7. The van der Waals surface area contributed by atoms with Crippen molar-refractivity contribution in [2.75, 3.05) is 13.2 Å². The molecular formula is C23H30O10. The molecule has 33 heavy (non-hydrogen) atoms. The molecule has 0 spiro atoms. The molecule has 1 aromatic carbocycles. The molecule has 0 unspecified atom stereocenters. The molecule has 2 aliphatic rings. The molecule has 0 amide bonds. The quantitative estimate of drug-likeness (QED) is 0.210. The van der Waals surface area contributed by atoms with Gasteiger partial charge in [-0.25, -0.2) is 0 Å². The van der Waals surface area contributed by atoms with E-state index in [4.69, 9.17) is 9.47 Å². The summed E-state index contributed by atoms with van der Waals surface area (Å²) in [6.45, 7) is -0.996. The van der Waals surface area contributed by atoms with Gasteiger partial charge >= 0.3 is 0 Å². The van der Waals surface area contributed by atoms with Crippen LogP contribution in [0.3, 0.4) is 0 Å². The van der Waals surface area contributed by atoms with Crippen molar-refractivity contribution in [3.05, 3.63) is 41.5 Å². The van der Waals surface area contributed by atoms with Crippen molar-refractivity contribution in [3.8, 4) is 11.8 Å². The standard InChI is InChI=1S/C23H30O10/c24-10-16-20(28)22(30)18(26)14(32-16)3-1-2-12-4-6-13(7-5-12)8-9-15-19(27)23(31)21(29)17(11-25)33-15/h1-2,4-7,14-31H,3,10-11H2/t14-,15-,16-,17-,18-,19-,20-,21-,22-,23-/m1/s1. The van der Waals surface area contributed by atoms with Gasteiger partial charge in [0.1, 0.15) is 54.9 Å². The van der Waals surface area contributed by atoms with E-state index in [1.165, 1.54) is 0 Å². The van der Waals surface area contributed by atoms with Crippen LogP contribution in [0.25, 0.3) is 6.08 Å². The number of aliphatic hydroxyl groups is 8. The number of hydrogen-bond acceptors (Lipinski definition) is 10. The zero-order valence-electron chi connectivity index (χ0n) is 17.8. The Kier molecular flexibility index (Phi) is 8.97. The van der Waals surface area contributed by atoms with Crippen LogP contribution in [0.1, 0.15) is 17.5 Å². The topological polar surface area (TPSA) is 180 Å². The van der Waals surface area contributed by atoms with Crippen LogP contribution in [0.2, 0.25) is 0 Å². The second-order valence-electron chi connectivity index (χ2n) is 8.15. The van der Waals surface area contributed by atoms with E-state index in [1.54, 1.807) is 36.4 Å². The van der Waals surface area contributed by atoms with Crippen molar-refractivity contribution in [1.29, 1.82) is 0 Å². The molecule has 3 rings (SSSR count). The van der Waals surface area contributed by atoms with Crippen LogP contribution in [0, 0.1) is 11.8 Å². The van der Waals surface area contributed by atoms with Gasteiger partial charge in [-0.3, -0.25) is 0 Å². The third-order valence-electron chi connectivity index (χ3n) is 5.83. The molecule has 2 fully saturated rings. The molecule has 2 saturated heterocycles. The van der Waals surface area contributed by atoms with Crippen molar-refractivity contribution in [3.63, 3.8) is 0 Å². The second-order valence-corrected chi connectivity index (χ2v) is 8.15. The normalized spacial score (nSPS) is 39.3. The van der Waals surface area contributed by atoms with E-state index in [2.05, 4.69) is 11.8 Å². The Morgan fingerprint density at radius 2 is 1.24 bits per heavy atom. The highest BCUT2D eigenvalue weighted by Crippen LogP contribution is 2.24. The average molecular weight is 466 g/mol. The molecule has 10 heteroatoms. The third-order valence-corrected chi connectivity index (χ3v) is 5.83. The molecule has 1 aromatic rings. The van der Waals surface area contributed by atoms with Gasteiger partial charge in [0.25, 0.3) is 0 Å². The highest BCUT2D eigenvalue weighted by Gasteiger charge is 2.43. The zero-order chi connectivity index (χ0) is 24.1. The van der Waals surface area contributed by atoms with Crippen LogP contribution < -0.4 is 0 Å². The third kappa shape index (κ3) is 5.98. The van der Waals surface area contributed by atoms with Crippen molar-refractivity contribution < 1.29 is 50.3 Å². The number of benzene rings is 1. The van der Waals surface area contributed by atoms with Gasteiger partial charge in [0.2, 0.25) is 0 Å². The molecule has 0 bridgehead atoms. The Labute approximate surface area is 191 Å². The second kappa shape index (κ2) is 11.5. The summed E-state index contributed by atoms with van der Waals surface area (Å²) in [6, 6.07) is 7.01. The Morgan fingerprint density at radius 1 is 0.697 bits per heavy atom. The average Bonchev–Trinajstić information content (AvgIpc) is 2.83.